The highest BCUT2D eigenvalue weighted by Gasteiger charge is 2.35. The number of hydrogen-bond acceptors (Lipinski definition) is 8. The Balaban J connectivity index is 1.35. The van der Waals surface area contributed by atoms with Crippen LogP contribution in [0, 0.1) is 0 Å². The third-order valence-corrected chi connectivity index (χ3v) is 6.05. The highest BCUT2D eigenvalue weighted by atomic mass is 16.5. The third-order valence-electron chi connectivity index (χ3n) is 6.05. The normalized spacial score (nSPS) is 21.1. The molecule has 4 rings (SSSR count). The zero-order valence-corrected chi connectivity index (χ0v) is 19.0. The molecule has 3 N–H and O–H groups in total. The van der Waals surface area contributed by atoms with Crippen LogP contribution in [-0.2, 0) is 4.74 Å². The number of nitrogens with one attached hydrogen (secondary N) is 1. The molecule has 3 heterocycles. The minimum absolute atomic E-state index is 0.190. The van der Waals surface area contributed by atoms with Gasteiger partial charge in [0.05, 0.1) is 31.2 Å². The predicted octanol–water partition coefficient (Wildman–Crippen LogP) is 3.86. The van der Waals surface area contributed by atoms with Crippen molar-refractivity contribution in [2.75, 3.05) is 18.5 Å². The van der Waals surface area contributed by atoms with Crippen LogP contribution in [0.15, 0.2) is 29.2 Å². The fourth-order valence-corrected chi connectivity index (χ4v) is 4.15. The van der Waals surface area contributed by atoms with E-state index in [1.807, 2.05) is 18.2 Å². The number of anilines is 2. The first kappa shape index (κ1) is 23.5. The summed E-state index contributed by atoms with van der Waals surface area (Å²) in [4.78, 5) is 16.6. The van der Waals surface area contributed by atoms with E-state index in [1.165, 1.54) is 49.3 Å². The molecule has 0 unspecified atom stereocenters. The summed E-state index contributed by atoms with van der Waals surface area (Å²) in [5.41, 5.74) is 0.146. The molecule has 9 nitrogen and oxygen atoms in total. The summed E-state index contributed by atoms with van der Waals surface area (Å²) in [6, 6.07) is 5.52. The minimum Gasteiger partial charge on any atom is -0.494 e. The predicted molar refractivity (Wildman–Crippen MR) is 123 cm³/mol. The van der Waals surface area contributed by atoms with Crippen LogP contribution in [-0.4, -0.2) is 45.2 Å². The molecule has 2 aromatic rings. The fraction of sp³-hybridized carbons (Fsp3) is 0.583. The molecule has 1 aromatic heterocycles. The zero-order chi connectivity index (χ0) is 23.2. The molecule has 3 atom stereocenters. The summed E-state index contributed by atoms with van der Waals surface area (Å²) in [6.45, 7) is 2.57. The van der Waals surface area contributed by atoms with Crippen LogP contribution in [0.3, 0.4) is 0 Å². The lowest BCUT2D eigenvalue weighted by Gasteiger charge is -2.23. The van der Waals surface area contributed by atoms with Crippen LogP contribution in [0.25, 0.3) is 0 Å². The van der Waals surface area contributed by atoms with E-state index in [0.717, 1.165) is 12.2 Å². The van der Waals surface area contributed by atoms with Gasteiger partial charge in [-0.25, -0.2) is 4.79 Å². The van der Waals surface area contributed by atoms with E-state index in [9.17, 15) is 15.0 Å². The van der Waals surface area contributed by atoms with Crippen LogP contribution in [0.2, 0.25) is 0 Å². The van der Waals surface area contributed by atoms with E-state index in [0.29, 0.717) is 29.6 Å². The summed E-state index contributed by atoms with van der Waals surface area (Å²) in [5.74, 6) is 2.02. The second kappa shape index (κ2) is 11.0. The highest BCUT2D eigenvalue weighted by Crippen LogP contribution is 2.42. The SMILES string of the molecule is CCCCCCCCCOc1ccc2c(c1)Nc1nc(=O)n([C@H]3C[C@H](O)[C@@H](CO)O3)cc1O2. The maximum Gasteiger partial charge on any atom is 0.351 e. The van der Waals surface area contributed by atoms with Gasteiger partial charge in [0.25, 0.3) is 0 Å². The number of hydrogen-bond donors (Lipinski definition) is 3. The number of aliphatic hydroxyl groups excluding tert-OH is 2. The number of benzene rings is 1. The summed E-state index contributed by atoms with van der Waals surface area (Å²) in [7, 11) is 0. The molecule has 1 saturated heterocycles. The molecule has 0 radical (unpaired) electrons. The van der Waals surface area contributed by atoms with Gasteiger partial charge in [0.15, 0.2) is 17.3 Å². The molecule has 0 aliphatic carbocycles. The summed E-state index contributed by atoms with van der Waals surface area (Å²) in [6.07, 6.45) is 8.03. The average Bonchev–Trinajstić information content (AvgIpc) is 3.19. The van der Waals surface area contributed by atoms with Gasteiger partial charge in [-0.3, -0.25) is 4.57 Å². The Labute approximate surface area is 193 Å². The number of aliphatic hydroxyl groups is 2. The van der Waals surface area contributed by atoms with Gasteiger partial charge in [-0.2, -0.15) is 4.98 Å². The van der Waals surface area contributed by atoms with Crippen LogP contribution < -0.4 is 20.5 Å². The molecule has 9 heteroatoms. The molecular weight excluding hydrogens is 426 g/mol. The second-order valence-corrected chi connectivity index (χ2v) is 8.61. The van der Waals surface area contributed by atoms with Crippen molar-refractivity contribution in [3.63, 3.8) is 0 Å². The van der Waals surface area contributed by atoms with Crippen molar-refractivity contribution in [3.05, 3.63) is 34.9 Å². The molecule has 1 fully saturated rings. The van der Waals surface area contributed by atoms with Crippen molar-refractivity contribution in [1.29, 1.82) is 0 Å². The number of nitrogens with zero attached hydrogens (tertiary/aromatic N) is 2. The fourth-order valence-electron chi connectivity index (χ4n) is 4.15. The third kappa shape index (κ3) is 5.66. The molecule has 2 aliphatic heterocycles. The molecule has 180 valence electrons. The summed E-state index contributed by atoms with van der Waals surface area (Å²) in [5, 5.41) is 22.4. The number of fused-ring (bicyclic) bond motifs is 2. The highest BCUT2D eigenvalue weighted by molar-refractivity contribution is 5.73. The van der Waals surface area contributed by atoms with E-state index < -0.39 is 24.1 Å². The number of aromatic nitrogens is 2. The molecular formula is C24H33N3O6. The average molecular weight is 460 g/mol. The Morgan fingerprint density at radius 2 is 1.97 bits per heavy atom. The lowest BCUT2D eigenvalue weighted by molar-refractivity contribution is -0.0459. The van der Waals surface area contributed by atoms with Crippen LogP contribution in [0.5, 0.6) is 17.2 Å². The van der Waals surface area contributed by atoms with E-state index in [1.54, 1.807) is 0 Å². The molecule has 0 amide bonds. The quantitative estimate of drug-likeness (QED) is 0.370. The largest absolute Gasteiger partial charge is 0.494 e. The van der Waals surface area contributed by atoms with Crippen molar-refractivity contribution in [2.45, 2.75) is 76.7 Å². The van der Waals surface area contributed by atoms with E-state index in [4.69, 9.17) is 14.2 Å². The standard InChI is InChI=1S/C24H33N3O6/c1-2-3-4-5-6-7-8-11-31-16-9-10-19-17(12-16)25-23-20(32-19)14-27(24(30)26-23)22-13-18(29)21(15-28)33-22/h9-10,12,14,18,21-22,28-29H,2-8,11,13,15H2,1H3,(H,25,26,30)/t18-,21+,22+/m0/s1. The zero-order valence-electron chi connectivity index (χ0n) is 19.0. The van der Waals surface area contributed by atoms with Gasteiger partial charge in [0.2, 0.25) is 0 Å². The lowest BCUT2D eigenvalue weighted by Crippen LogP contribution is -2.28. The Hall–Kier alpha value is -2.62. The van der Waals surface area contributed by atoms with Crippen molar-refractivity contribution in [3.8, 4) is 17.2 Å². The van der Waals surface area contributed by atoms with E-state index in [2.05, 4.69) is 17.2 Å². The summed E-state index contributed by atoms with van der Waals surface area (Å²) >= 11 is 0. The van der Waals surface area contributed by atoms with Crippen molar-refractivity contribution < 1.29 is 24.4 Å². The molecule has 0 spiro atoms. The van der Waals surface area contributed by atoms with Gasteiger partial charge < -0.3 is 29.7 Å². The first-order chi connectivity index (χ1) is 16.1. The first-order valence-electron chi connectivity index (χ1n) is 11.9. The Kier molecular flexibility index (Phi) is 7.85. The first-order valence-corrected chi connectivity index (χ1v) is 11.9. The monoisotopic (exact) mass is 459 g/mol. The summed E-state index contributed by atoms with van der Waals surface area (Å²) < 4.78 is 18.7. The molecule has 2 aliphatic rings. The molecule has 1 aromatic carbocycles. The van der Waals surface area contributed by atoms with Crippen molar-refractivity contribution in [1.82, 2.24) is 9.55 Å². The Morgan fingerprint density at radius 3 is 2.73 bits per heavy atom. The van der Waals surface area contributed by atoms with E-state index >= 15 is 0 Å². The second-order valence-electron chi connectivity index (χ2n) is 8.61. The van der Waals surface area contributed by atoms with E-state index in [-0.39, 0.29) is 13.0 Å². The van der Waals surface area contributed by atoms with Crippen molar-refractivity contribution >= 4 is 11.5 Å². The van der Waals surface area contributed by atoms with Crippen LogP contribution in [0.4, 0.5) is 11.5 Å². The van der Waals surface area contributed by atoms with Gasteiger partial charge in [-0.15, -0.1) is 0 Å². The Morgan fingerprint density at radius 1 is 1.18 bits per heavy atom. The molecule has 0 bridgehead atoms. The lowest BCUT2D eigenvalue weighted by atomic mass is 10.1. The van der Waals surface area contributed by atoms with Gasteiger partial charge in [0.1, 0.15) is 18.1 Å². The maximum atomic E-state index is 12.6. The maximum absolute atomic E-state index is 12.6. The van der Waals surface area contributed by atoms with Gasteiger partial charge >= 0.3 is 5.69 Å². The van der Waals surface area contributed by atoms with Gasteiger partial charge in [0, 0.05) is 12.5 Å². The van der Waals surface area contributed by atoms with Crippen molar-refractivity contribution in [2.24, 2.45) is 0 Å². The van der Waals surface area contributed by atoms with Gasteiger partial charge in [-0.05, 0) is 18.6 Å². The number of ether oxygens (including phenoxy) is 3. The minimum atomic E-state index is -0.845. The smallest absolute Gasteiger partial charge is 0.351 e. The van der Waals surface area contributed by atoms with Crippen LogP contribution in [0.1, 0.15) is 64.5 Å². The Bertz CT molecular complexity index is 995. The van der Waals surface area contributed by atoms with Gasteiger partial charge in [-0.1, -0.05) is 45.4 Å². The number of rotatable bonds is 11. The number of unbranched alkanes of at least 4 members (excludes halogenated alkanes) is 6. The molecule has 0 saturated carbocycles. The molecule has 33 heavy (non-hydrogen) atoms. The topological polar surface area (TPSA) is 115 Å². The van der Waals surface area contributed by atoms with Crippen LogP contribution >= 0.6 is 0 Å².